The molecule has 0 aliphatic carbocycles. The highest BCUT2D eigenvalue weighted by molar-refractivity contribution is 7.99. The first-order chi connectivity index (χ1) is 12.3. The van der Waals surface area contributed by atoms with Crippen LogP contribution in [0.4, 0.5) is 0 Å². The summed E-state index contributed by atoms with van der Waals surface area (Å²) in [4.78, 5) is 12.0. The van der Waals surface area contributed by atoms with Crippen LogP contribution in [0.5, 0.6) is 0 Å². The van der Waals surface area contributed by atoms with E-state index in [4.69, 9.17) is 5.11 Å². The van der Waals surface area contributed by atoms with Crippen molar-refractivity contribution in [2.45, 2.75) is 66.2 Å². The Balaban J connectivity index is 0. The van der Waals surface area contributed by atoms with Crippen LogP contribution in [-0.4, -0.2) is 31.1 Å². The molecule has 0 amide bonds. The van der Waals surface area contributed by atoms with E-state index < -0.39 is 0 Å². The van der Waals surface area contributed by atoms with Gasteiger partial charge < -0.3 is 5.11 Å². The van der Waals surface area contributed by atoms with E-state index in [1.165, 1.54) is 24.1 Å². The number of thiazole rings is 1. The molecular formula is C20H35N3OS2. The predicted octanol–water partition coefficient (Wildman–Crippen LogP) is 6.08. The summed E-state index contributed by atoms with van der Waals surface area (Å²) in [6.45, 7) is 18.8. The van der Waals surface area contributed by atoms with E-state index in [1.54, 1.807) is 12.4 Å². The van der Waals surface area contributed by atoms with Crippen molar-refractivity contribution in [2.75, 3.05) is 6.26 Å². The highest BCUT2D eigenvalue weighted by Crippen LogP contribution is 2.23. The summed E-state index contributed by atoms with van der Waals surface area (Å²) < 4.78 is 0.458. The Morgan fingerprint density at radius 3 is 2.00 bits per heavy atom. The topological polar surface area (TPSA) is 58.9 Å². The minimum absolute atomic E-state index is 0.0466. The van der Waals surface area contributed by atoms with Crippen molar-refractivity contribution in [1.82, 2.24) is 15.0 Å². The second-order valence-corrected chi connectivity index (χ2v) is 8.42. The molecule has 0 aromatic carbocycles. The molecule has 0 spiro atoms. The first-order valence-corrected chi connectivity index (χ1v) is 10.9. The summed E-state index contributed by atoms with van der Waals surface area (Å²) >= 11 is 3.33. The molecule has 26 heavy (non-hydrogen) atoms. The van der Waals surface area contributed by atoms with Crippen molar-refractivity contribution in [3.63, 3.8) is 0 Å². The van der Waals surface area contributed by atoms with Gasteiger partial charge in [0.2, 0.25) is 0 Å². The molecule has 0 unspecified atom stereocenters. The molecule has 0 atom stereocenters. The van der Waals surface area contributed by atoms with Crippen LogP contribution in [0.3, 0.4) is 0 Å². The van der Waals surface area contributed by atoms with E-state index in [1.807, 2.05) is 31.0 Å². The van der Waals surface area contributed by atoms with Gasteiger partial charge in [-0.25, -0.2) is 15.0 Å². The van der Waals surface area contributed by atoms with Crippen LogP contribution >= 0.6 is 23.1 Å². The Morgan fingerprint density at radius 1 is 1.19 bits per heavy atom. The van der Waals surface area contributed by atoms with Crippen molar-refractivity contribution in [1.29, 1.82) is 0 Å². The number of nitrogens with zero attached hydrogens (tertiary/aromatic N) is 3. The first-order valence-electron chi connectivity index (χ1n) is 8.84. The largest absolute Gasteiger partial charge is 0.390 e. The third kappa shape index (κ3) is 13.0. The number of aliphatic hydroxyl groups is 1. The molecule has 0 saturated carbocycles. The van der Waals surface area contributed by atoms with Gasteiger partial charge in [-0.2, -0.15) is 11.8 Å². The number of hydrogen-bond donors (Lipinski definition) is 1. The summed E-state index contributed by atoms with van der Waals surface area (Å²) in [6.07, 6.45) is 8.22. The molecule has 1 N–H and O–H groups in total. The minimum Gasteiger partial charge on any atom is -0.390 e. The zero-order valence-electron chi connectivity index (χ0n) is 17.5. The number of thioether (sulfide) groups is 1. The van der Waals surface area contributed by atoms with E-state index in [-0.39, 0.29) is 6.61 Å². The minimum atomic E-state index is -0.0466. The molecule has 2 aromatic rings. The lowest BCUT2D eigenvalue weighted by Gasteiger charge is -2.12. The molecule has 0 saturated heterocycles. The highest BCUT2D eigenvalue weighted by Gasteiger charge is 2.07. The van der Waals surface area contributed by atoms with Gasteiger partial charge in [0.1, 0.15) is 11.3 Å². The fourth-order valence-electron chi connectivity index (χ4n) is 1.10. The molecule has 6 heteroatoms. The summed E-state index contributed by atoms with van der Waals surface area (Å²) in [5.41, 5.74) is 2.28. The maximum Gasteiger partial charge on any atom is 0.123 e. The van der Waals surface area contributed by atoms with Gasteiger partial charge in [-0.1, -0.05) is 61.5 Å². The molecule has 4 nitrogen and oxygen atoms in total. The van der Waals surface area contributed by atoms with E-state index in [2.05, 4.69) is 62.4 Å². The third-order valence-electron chi connectivity index (χ3n) is 2.49. The second-order valence-electron chi connectivity index (χ2n) is 5.93. The monoisotopic (exact) mass is 397 g/mol. The van der Waals surface area contributed by atoms with Crippen LogP contribution < -0.4 is 0 Å². The lowest BCUT2D eigenvalue weighted by molar-refractivity contribution is 0.277. The average Bonchev–Trinajstić information content (AvgIpc) is 3.13. The van der Waals surface area contributed by atoms with Crippen molar-refractivity contribution in [3.8, 4) is 0 Å². The van der Waals surface area contributed by atoms with Crippen LogP contribution in [0, 0.1) is 0 Å². The zero-order chi connectivity index (χ0) is 20.6. The van der Waals surface area contributed by atoms with Crippen LogP contribution in [0.15, 0.2) is 30.7 Å². The van der Waals surface area contributed by atoms with E-state index in [0.717, 1.165) is 16.1 Å². The predicted molar refractivity (Wildman–Crippen MR) is 119 cm³/mol. The second kappa shape index (κ2) is 16.0. The van der Waals surface area contributed by atoms with Crippen molar-refractivity contribution < 1.29 is 5.11 Å². The van der Waals surface area contributed by atoms with Gasteiger partial charge in [-0.15, -0.1) is 11.3 Å². The summed E-state index contributed by atoms with van der Waals surface area (Å²) in [6, 6.07) is 0. The normalized spacial score (nSPS) is 9.58. The Hall–Kier alpha value is -1.24. The lowest BCUT2D eigenvalue weighted by atomic mass is 10.2. The van der Waals surface area contributed by atoms with E-state index in [9.17, 15) is 0 Å². The SMILES string of the molecule is C=C(c1cncnc1)c1nc(CO)cs1.CC.CCC.CSC(C)(C)C. The van der Waals surface area contributed by atoms with Gasteiger partial charge >= 0.3 is 0 Å². The Labute approximate surface area is 168 Å². The molecule has 2 aromatic heterocycles. The number of aliphatic hydroxyl groups excluding tert-OH is 1. The Kier molecular flexibility index (Phi) is 16.6. The Morgan fingerprint density at radius 2 is 1.65 bits per heavy atom. The van der Waals surface area contributed by atoms with Crippen LogP contribution in [0.25, 0.3) is 5.57 Å². The standard InChI is InChI=1S/C10H9N3OS.C5H12S.C3H8.C2H6/c1-7(8-2-11-6-12-3-8)10-13-9(4-14)5-15-10;1-5(2,3)6-4;1-3-2;1-2/h2-3,5-6,14H,1,4H2;1-4H3;3H2,1-2H3;1-2H3. The van der Waals surface area contributed by atoms with E-state index >= 15 is 0 Å². The summed E-state index contributed by atoms with van der Waals surface area (Å²) in [5, 5.41) is 11.5. The molecule has 0 aliphatic rings. The zero-order valence-corrected chi connectivity index (χ0v) is 19.2. The van der Waals surface area contributed by atoms with Gasteiger partial charge in [0.05, 0.1) is 12.3 Å². The molecule has 0 bridgehead atoms. The van der Waals surface area contributed by atoms with Crippen LogP contribution in [0.1, 0.15) is 71.2 Å². The molecule has 0 radical (unpaired) electrons. The average molecular weight is 398 g/mol. The van der Waals surface area contributed by atoms with Gasteiger partial charge in [0, 0.05) is 33.7 Å². The maximum absolute atomic E-state index is 8.89. The molecular weight excluding hydrogens is 362 g/mol. The quantitative estimate of drug-likeness (QED) is 0.680. The van der Waals surface area contributed by atoms with Gasteiger partial charge in [0.25, 0.3) is 0 Å². The van der Waals surface area contributed by atoms with Crippen molar-refractivity contribution in [3.05, 3.63) is 46.9 Å². The van der Waals surface area contributed by atoms with Crippen LogP contribution in [0.2, 0.25) is 0 Å². The van der Waals surface area contributed by atoms with Gasteiger partial charge in [-0.3, -0.25) is 0 Å². The van der Waals surface area contributed by atoms with E-state index in [0.29, 0.717) is 10.4 Å². The maximum atomic E-state index is 8.89. The highest BCUT2D eigenvalue weighted by atomic mass is 32.2. The van der Waals surface area contributed by atoms with Crippen LogP contribution in [-0.2, 0) is 6.61 Å². The number of rotatable bonds is 3. The number of aromatic nitrogens is 3. The molecule has 0 aliphatic heterocycles. The number of hydrogen-bond acceptors (Lipinski definition) is 6. The fourth-order valence-corrected chi connectivity index (χ4v) is 1.90. The summed E-state index contributed by atoms with van der Waals surface area (Å²) in [5.74, 6) is 0. The summed E-state index contributed by atoms with van der Waals surface area (Å²) in [7, 11) is 0. The van der Waals surface area contributed by atoms with Gasteiger partial charge in [-0.05, 0) is 6.26 Å². The smallest absolute Gasteiger partial charge is 0.123 e. The van der Waals surface area contributed by atoms with Gasteiger partial charge in [0.15, 0.2) is 0 Å². The Bertz CT molecular complexity index is 578. The van der Waals surface area contributed by atoms with Crippen molar-refractivity contribution in [2.24, 2.45) is 0 Å². The molecule has 2 heterocycles. The van der Waals surface area contributed by atoms with Crippen molar-refractivity contribution >= 4 is 28.7 Å². The molecule has 0 fully saturated rings. The molecule has 2 rings (SSSR count). The fraction of sp³-hybridized carbons (Fsp3) is 0.550. The molecule has 148 valence electrons. The first kappa shape index (κ1) is 27.0. The third-order valence-corrected chi connectivity index (χ3v) is 4.67. The lowest BCUT2D eigenvalue weighted by Crippen LogP contribution is -2.04.